The number of rotatable bonds is 5. The minimum absolute atomic E-state index is 0.121. The summed E-state index contributed by atoms with van der Waals surface area (Å²) >= 11 is 1.07. The van der Waals surface area contributed by atoms with Gasteiger partial charge < -0.3 is 4.74 Å². The zero-order chi connectivity index (χ0) is 23.7. The number of allylic oxidation sites excluding steroid dienone is 1. The molecule has 4 rings (SSSR count). The number of aromatic nitrogens is 1. The van der Waals surface area contributed by atoms with Gasteiger partial charge in [0.15, 0.2) is 4.80 Å². The van der Waals surface area contributed by atoms with Crippen LogP contribution in [0.25, 0.3) is 6.08 Å². The lowest BCUT2D eigenvalue weighted by molar-refractivity contribution is -0.384. The van der Waals surface area contributed by atoms with Crippen LogP contribution in [0.2, 0.25) is 0 Å². The second-order valence-corrected chi connectivity index (χ2v) is 8.18. The van der Waals surface area contributed by atoms with E-state index in [4.69, 9.17) is 4.74 Å². The molecule has 10 heteroatoms. The molecule has 0 N–H and O–H groups in total. The van der Waals surface area contributed by atoms with Crippen molar-refractivity contribution in [1.29, 1.82) is 0 Å². The lowest BCUT2D eigenvalue weighted by Gasteiger charge is -2.24. The summed E-state index contributed by atoms with van der Waals surface area (Å²) in [6, 6.07) is 10.8. The zero-order valence-corrected chi connectivity index (χ0v) is 18.5. The summed E-state index contributed by atoms with van der Waals surface area (Å²) in [5.41, 5.74) is 0.683. The number of halogens is 1. The highest BCUT2D eigenvalue weighted by Gasteiger charge is 2.33. The van der Waals surface area contributed by atoms with Gasteiger partial charge in [-0.2, -0.15) is 0 Å². The minimum atomic E-state index is -0.899. The monoisotopic (exact) mass is 467 g/mol. The predicted octanol–water partition coefficient (Wildman–Crippen LogP) is 2.85. The van der Waals surface area contributed by atoms with Gasteiger partial charge in [0.2, 0.25) is 0 Å². The second kappa shape index (κ2) is 8.91. The molecule has 0 saturated carbocycles. The molecule has 1 aliphatic rings. The molecular formula is C23H18FN3O5S. The number of esters is 1. The molecule has 8 nitrogen and oxygen atoms in total. The van der Waals surface area contributed by atoms with Crippen molar-refractivity contribution in [2.45, 2.75) is 19.9 Å². The molecule has 2 heterocycles. The molecule has 0 saturated heterocycles. The van der Waals surface area contributed by atoms with E-state index in [1.807, 2.05) is 0 Å². The number of thiazole rings is 1. The van der Waals surface area contributed by atoms with E-state index >= 15 is 0 Å². The van der Waals surface area contributed by atoms with Gasteiger partial charge in [0.05, 0.1) is 33.4 Å². The normalized spacial score (nSPS) is 15.7. The maximum atomic E-state index is 14.2. The number of benzene rings is 2. The standard InChI is InChI=1S/C23H18FN3O5S/c1-3-32-22(29)19-13(2)25-23-26(20(19)14-8-10-16(11-9-14)27(30)31)21(28)18(33-23)12-15-6-4-5-7-17(15)24/h4-12,20H,3H2,1-2H3. The molecule has 0 amide bonds. The van der Waals surface area contributed by atoms with Gasteiger partial charge in [-0.1, -0.05) is 29.5 Å². The molecule has 0 radical (unpaired) electrons. The number of carbonyl (C=O) groups excluding carboxylic acids is 1. The van der Waals surface area contributed by atoms with Gasteiger partial charge >= 0.3 is 5.97 Å². The van der Waals surface area contributed by atoms with Crippen LogP contribution in [0.5, 0.6) is 0 Å². The highest BCUT2D eigenvalue weighted by molar-refractivity contribution is 7.07. The van der Waals surface area contributed by atoms with E-state index in [1.54, 1.807) is 32.0 Å². The van der Waals surface area contributed by atoms with E-state index in [2.05, 4.69) is 4.99 Å². The van der Waals surface area contributed by atoms with Crippen molar-refractivity contribution < 1.29 is 18.8 Å². The first-order valence-electron chi connectivity index (χ1n) is 10.0. The highest BCUT2D eigenvalue weighted by atomic mass is 32.1. The minimum Gasteiger partial charge on any atom is -0.463 e. The molecule has 3 aromatic rings. The lowest BCUT2D eigenvalue weighted by atomic mass is 9.95. The van der Waals surface area contributed by atoms with Crippen LogP contribution in [0.1, 0.15) is 31.0 Å². The first-order valence-corrected chi connectivity index (χ1v) is 10.8. The van der Waals surface area contributed by atoms with Crippen molar-refractivity contribution in [3.05, 3.63) is 107 Å². The Morgan fingerprint density at radius 2 is 1.97 bits per heavy atom. The number of hydrogen-bond acceptors (Lipinski definition) is 7. The summed E-state index contributed by atoms with van der Waals surface area (Å²) < 4.78 is 21.0. The molecule has 0 aliphatic carbocycles. The van der Waals surface area contributed by atoms with Crippen LogP contribution < -0.4 is 14.9 Å². The summed E-state index contributed by atoms with van der Waals surface area (Å²) in [6.07, 6.45) is 1.44. The van der Waals surface area contributed by atoms with E-state index in [0.29, 0.717) is 16.1 Å². The summed E-state index contributed by atoms with van der Waals surface area (Å²) in [6.45, 7) is 3.43. The van der Waals surface area contributed by atoms with Gasteiger partial charge in [-0.15, -0.1) is 0 Å². The second-order valence-electron chi connectivity index (χ2n) is 7.17. The van der Waals surface area contributed by atoms with Crippen molar-refractivity contribution in [1.82, 2.24) is 4.57 Å². The fraction of sp³-hybridized carbons (Fsp3) is 0.174. The van der Waals surface area contributed by atoms with Crippen LogP contribution in [0, 0.1) is 15.9 Å². The van der Waals surface area contributed by atoms with Crippen LogP contribution in [0.15, 0.2) is 69.6 Å². The zero-order valence-electron chi connectivity index (χ0n) is 17.6. The Hall–Kier alpha value is -3.92. The summed E-state index contributed by atoms with van der Waals surface area (Å²) in [5, 5.41) is 11.1. The number of carbonyl (C=O) groups is 1. The SMILES string of the molecule is CCOC(=O)C1=C(C)N=c2sc(=Cc3ccccc3F)c(=O)n2C1c1ccc([N+](=O)[O-])cc1. The van der Waals surface area contributed by atoms with Crippen LogP contribution in [-0.4, -0.2) is 22.1 Å². The molecule has 33 heavy (non-hydrogen) atoms. The fourth-order valence-corrected chi connectivity index (χ4v) is 4.66. The van der Waals surface area contributed by atoms with Crippen molar-refractivity contribution in [3.8, 4) is 0 Å². The molecule has 2 aromatic carbocycles. The van der Waals surface area contributed by atoms with Gasteiger partial charge in [0.1, 0.15) is 5.82 Å². The average molecular weight is 467 g/mol. The number of hydrogen-bond donors (Lipinski definition) is 0. The molecule has 0 bridgehead atoms. The molecule has 1 atom stereocenters. The van der Waals surface area contributed by atoms with Gasteiger partial charge in [-0.25, -0.2) is 14.2 Å². The van der Waals surface area contributed by atoms with Crippen LogP contribution >= 0.6 is 11.3 Å². The Morgan fingerprint density at radius 1 is 1.27 bits per heavy atom. The van der Waals surface area contributed by atoms with Gasteiger partial charge in [-0.3, -0.25) is 19.5 Å². The summed E-state index contributed by atoms with van der Waals surface area (Å²) in [4.78, 5) is 41.5. The fourth-order valence-electron chi connectivity index (χ4n) is 3.62. The Kier molecular flexibility index (Phi) is 6.01. The van der Waals surface area contributed by atoms with Crippen LogP contribution in [-0.2, 0) is 9.53 Å². The quantitative estimate of drug-likeness (QED) is 0.326. The molecule has 168 valence electrons. The molecular weight excluding hydrogens is 449 g/mol. The Bertz CT molecular complexity index is 1470. The van der Waals surface area contributed by atoms with E-state index in [0.717, 1.165) is 11.3 Å². The molecule has 1 aromatic heterocycles. The number of fused-ring (bicyclic) bond motifs is 1. The van der Waals surface area contributed by atoms with Crippen LogP contribution in [0.4, 0.5) is 10.1 Å². The maximum Gasteiger partial charge on any atom is 0.338 e. The highest BCUT2D eigenvalue weighted by Crippen LogP contribution is 2.31. The van der Waals surface area contributed by atoms with Gasteiger partial charge in [0.25, 0.3) is 11.2 Å². The number of ether oxygens (including phenoxy) is 1. The van der Waals surface area contributed by atoms with E-state index in [-0.39, 0.29) is 28.0 Å². The Balaban J connectivity index is 1.96. The van der Waals surface area contributed by atoms with E-state index in [9.17, 15) is 24.1 Å². The van der Waals surface area contributed by atoms with Gasteiger partial charge in [0, 0.05) is 17.7 Å². The Morgan fingerprint density at radius 3 is 2.61 bits per heavy atom. The smallest absolute Gasteiger partial charge is 0.338 e. The third-order valence-corrected chi connectivity index (χ3v) is 6.11. The summed E-state index contributed by atoms with van der Waals surface area (Å²) in [5.74, 6) is -1.11. The van der Waals surface area contributed by atoms with E-state index in [1.165, 1.54) is 41.0 Å². The lowest BCUT2D eigenvalue weighted by Crippen LogP contribution is -2.39. The maximum absolute atomic E-state index is 14.2. The van der Waals surface area contributed by atoms with Crippen molar-refractivity contribution >= 4 is 29.1 Å². The summed E-state index contributed by atoms with van der Waals surface area (Å²) in [7, 11) is 0. The number of nitro benzene ring substituents is 1. The molecule has 0 spiro atoms. The largest absolute Gasteiger partial charge is 0.463 e. The van der Waals surface area contributed by atoms with Gasteiger partial charge in [-0.05, 0) is 43.7 Å². The Labute approximate surface area is 190 Å². The van der Waals surface area contributed by atoms with Crippen LogP contribution in [0.3, 0.4) is 0 Å². The number of nitro groups is 1. The van der Waals surface area contributed by atoms with E-state index < -0.39 is 28.3 Å². The molecule has 1 aliphatic heterocycles. The van der Waals surface area contributed by atoms with Crippen molar-refractivity contribution in [2.24, 2.45) is 4.99 Å². The predicted molar refractivity (Wildman–Crippen MR) is 120 cm³/mol. The number of nitrogens with zero attached hydrogens (tertiary/aromatic N) is 3. The molecule has 1 unspecified atom stereocenters. The number of non-ortho nitro benzene ring substituents is 1. The first kappa shape index (κ1) is 22.3. The third-order valence-electron chi connectivity index (χ3n) is 5.13. The molecule has 0 fully saturated rings. The third kappa shape index (κ3) is 4.12. The van der Waals surface area contributed by atoms with Crippen molar-refractivity contribution in [3.63, 3.8) is 0 Å². The average Bonchev–Trinajstić information content (AvgIpc) is 3.09. The first-order chi connectivity index (χ1) is 15.8. The van der Waals surface area contributed by atoms with Crippen molar-refractivity contribution in [2.75, 3.05) is 6.61 Å². The topological polar surface area (TPSA) is 104 Å².